The van der Waals surface area contributed by atoms with Crippen LogP contribution >= 0.6 is 0 Å². The molecule has 2 aliphatic carbocycles. The molecule has 2 heterocycles. The number of nitrogens with zero attached hydrogens (tertiary/aromatic N) is 2. The monoisotopic (exact) mass is 534 g/mol. The van der Waals surface area contributed by atoms with Crippen LogP contribution in [0.2, 0.25) is 0 Å². The molecule has 0 bridgehead atoms. The highest BCUT2D eigenvalue weighted by molar-refractivity contribution is 6.06. The van der Waals surface area contributed by atoms with Crippen LogP contribution in [0.4, 0.5) is 18.9 Å². The van der Waals surface area contributed by atoms with Gasteiger partial charge in [0.1, 0.15) is 6.04 Å². The molecule has 4 aliphatic rings. The Morgan fingerprint density at radius 3 is 2.42 bits per heavy atom. The molecule has 2 saturated carbocycles. The summed E-state index contributed by atoms with van der Waals surface area (Å²) in [7, 11) is 0. The van der Waals surface area contributed by atoms with Crippen molar-refractivity contribution in [3.63, 3.8) is 0 Å². The molecule has 38 heavy (non-hydrogen) atoms. The molecule has 7 nitrogen and oxygen atoms in total. The fourth-order valence-electron chi connectivity index (χ4n) is 6.26. The summed E-state index contributed by atoms with van der Waals surface area (Å²) in [6.07, 6.45) is 3.11. The topological polar surface area (TPSA) is 81.8 Å². The van der Waals surface area contributed by atoms with Crippen molar-refractivity contribution >= 4 is 23.4 Å². The summed E-state index contributed by atoms with van der Waals surface area (Å²) in [5.74, 6) is 0.262. The van der Waals surface area contributed by atoms with Crippen molar-refractivity contribution in [2.75, 3.05) is 24.5 Å². The lowest BCUT2D eigenvalue weighted by Gasteiger charge is -2.39. The lowest BCUT2D eigenvalue weighted by atomic mass is 9.84. The van der Waals surface area contributed by atoms with Crippen LogP contribution in [0.3, 0.4) is 0 Å². The maximum absolute atomic E-state index is 13.3. The molecule has 0 aromatic heterocycles. The Kier molecular flexibility index (Phi) is 7.98. The van der Waals surface area contributed by atoms with Gasteiger partial charge in [-0.15, -0.1) is 0 Å². The molecule has 0 radical (unpaired) electrons. The first-order valence-electron chi connectivity index (χ1n) is 14.0. The number of carbonyl (C=O) groups is 3. The van der Waals surface area contributed by atoms with E-state index in [4.69, 9.17) is 0 Å². The minimum Gasteiger partial charge on any atom is -0.368 e. The van der Waals surface area contributed by atoms with E-state index in [0.29, 0.717) is 37.0 Å². The molecule has 1 unspecified atom stereocenters. The highest BCUT2D eigenvalue weighted by Crippen LogP contribution is 2.39. The molecule has 1 aromatic carbocycles. The highest BCUT2D eigenvalue weighted by Gasteiger charge is 2.41. The van der Waals surface area contributed by atoms with Crippen LogP contribution < -0.4 is 15.5 Å². The molecule has 3 fully saturated rings. The van der Waals surface area contributed by atoms with Gasteiger partial charge in [0.25, 0.3) is 5.91 Å². The largest absolute Gasteiger partial charge is 0.390 e. The number of nitrogens with one attached hydrogen (secondary N) is 2. The van der Waals surface area contributed by atoms with E-state index >= 15 is 0 Å². The van der Waals surface area contributed by atoms with E-state index in [0.717, 1.165) is 55.8 Å². The molecular weight excluding hydrogens is 497 g/mol. The van der Waals surface area contributed by atoms with Crippen LogP contribution in [-0.2, 0) is 16.1 Å². The summed E-state index contributed by atoms with van der Waals surface area (Å²) in [6.45, 7) is 1.84. The number of anilines is 1. The fraction of sp³-hybridized carbons (Fsp3) is 0.679. The van der Waals surface area contributed by atoms with Crippen LogP contribution in [0, 0.1) is 11.8 Å². The predicted molar refractivity (Wildman–Crippen MR) is 136 cm³/mol. The van der Waals surface area contributed by atoms with Crippen molar-refractivity contribution in [1.82, 2.24) is 15.5 Å². The zero-order chi connectivity index (χ0) is 26.9. The van der Waals surface area contributed by atoms with Gasteiger partial charge in [0.2, 0.25) is 11.8 Å². The van der Waals surface area contributed by atoms with E-state index in [2.05, 4.69) is 21.6 Å². The van der Waals surface area contributed by atoms with Crippen molar-refractivity contribution in [2.24, 2.45) is 11.8 Å². The Hall–Kier alpha value is -2.62. The van der Waals surface area contributed by atoms with E-state index in [1.165, 1.54) is 12.8 Å². The van der Waals surface area contributed by atoms with E-state index in [-0.39, 0.29) is 24.8 Å². The molecule has 0 spiro atoms. The van der Waals surface area contributed by atoms with Gasteiger partial charge in [-0.2, -0.15) is 13.2 Å². The first-order valence-corrected chi connectivity index (χ1v) is 14.0. The third kappa shape index (κ3) is 6.33. The number of fused-ring (bicyclic) bond motifs is 1. The predicted octanol–water partition coefficient (Wildman–Crippen LogP) is 4.15. The van der Waals surface area contributed by atoms with Gasteiger partial charge >= 0.3 is 6.18 Å². The van der Waals surface area contributed by atoms with E-state index < -0.39 is 24.5 Å². The number of carbonyl (C=O) groups excluding carboxylic acids is 3. The zero-order valence-electron chi connectivity index (χ0n) is 21.7. The molecule has 10 heteroatoms. The number of hydrogen-bond acceptors (Lipinski definition) is 5. The maximum atomic E-state index is 13.3. The maximum Gasteiger partial charge on any atom is 0.390 e. The number of imide groups is 1. The van der Waals surface area contributed by atoms with Gasteiger partial charge in [0, 0.05) is 48.9 Å². The number of rotatable bonds is 10. The van der Waals surface area contributed by atoms with Crippen molar-refractivity contribution in [2.45, 2.75) is 89.0 Å². The van der Waals surface area contributed by atoms with E-state index in [1.807, 2.05) is 12.1 Å². The summed E-state index contributed by atoms with van der Waals surface area (Å²) in [5.41, 5.74) is 2.64. The van der Waals surface area contributed by atoms with Crippen LogP contribution in [0.5, 0.6) is 0 Å². The molecule has 1 aromatic rings. The summed E-state index contributed by atoms with van der Waals surface area (Å²) >= 11 is 0. The first kappa shape index (κ1) is 27.0. The van der Waals surface area contributed by atoms with Crippen LogP contribution in [0.15, 0.2) is 18.2 Å². The zero-order valence-corrected chi connectivity index (χ0v) is 21.7. The second kappa shape index (κ2) is 11.2. The van der Waals surface area contributed by atoms with Crippen molar-refractivity contribution in [1.29, 1.82) is 0 Å². The quantitative estimate of drug-likeness (QED) is 0.348. The summed E-state index contributed by atoms with van der Waals surface area (Å²) < 4.78 is 37.3. The number of benzene rings is 1. The van der Waals surface area contributed by atoms with Gasteiger partial charge in [0.05, 0.1) is 6.42 Å². The van der Waals surface area contributed by atoms with Crippen molar-refractivity contribution in [3.8, 4) is 0 Å². The Labute approximate surface area is 221 Å². The number of halogens is 3. The van der Waals surface area contributed by atoms with Gasteiger partial charge in [-0.25, -0.2) is 0 Å². The standard InChI is InChI=1S/C28H37F3N4O3/c29-28(30,31)13-14-32-16-19-6-8-20(9-7-19)34(15-12-18-4-5-18)23-3-1-2-21-22(23)17-35(27(21)38)24-10-11-25(36)33-26(24)37/h1-3,18-20,24,32H,4-17H2,(H,33,36,37). The SMILES string of the molecule is O=C1CCC(N2Cc3c(cccc3N(CCC3CC3)C3CCC(CNCCC(F)(F)F)CC3)C2=O)C(=O)N1. The molecule has 208 valence electrons. The lowest BCUT2D eigenvalue weighted by Crippen LogP contribution is -2.52. The number of amides is 3. The third-order valence-electron chi connectivity index (χ3n) is 8.62. The summed E-state index contributed by atoms with van der Waals surface area (Å²) in [4.78, 5) is 41.6. The van der Waals surface area contributed by atoms with Gasteiger partial charge in [0.15, 0.2) is 0 Å². The molecule has 5 rings (SSSR count). The fourth-order valence-corrected chi connectivity index (χ4v) is 6.26. The Morgan fingerprint density at radius 2 is 1.74 bits per heavy atom. The molecule has 2 aliphatic heterocycles. The van der Waals surface area contributed by atoms with Crippen molar-refractivity contribution in [3.05, 3.63) is 29.3 Å². The smallest absolute Gasteiger partial charge is 0.368 e. The average molecular weight is 535 g/mol. The van der Waals surface area contributed by atoms with Gasteiger partial charge < -0.3 is 15.1 Å². The van der Waals surface area contributed by atoms with Gasteiger partial charge in [-0.05, 0) is 69.0 Å². The molecule has 1 atom stereocenters. The normalized spacial score (nSPS) is 25.9. The lowest BCUT2D eigenvalue weighted by molar-refractivity contribution is -0.137. The minimum absolute atomic E-state index is 0.0369. The number of hydrogen-bond donors (Lipinski definition) is 2. The molecular formula is C28H37F3N4O3. The van der Waals surface area contributed by atoms with Crippen LogP contribution in [0.25, 0.3) is 0 Å². The van der Waals surface area contributed by atoms with E-state index in [9.17, 15) is 27.6 Å². The molecule has 1 saturated heterocycles. The highest BCUT2D eigenvalue weighted by atomic mass is 19.4. The number of alkyl halides is 3. The number of piperidine rings is 1. The van der Waals surface area contributed by atoms with Crippen molar-refractivity contribution < 1.29 is 27.6 Å². The second-order valence-electron chi connectivity index (χ2n) is 11.4. The van der Waals surface area contributed by atoms with Gasteiger partial charge in [-0.3, -0.25) is 19.7 Å². The Bertz CT molecular complexity index is 1050. The van der Waals surface area contributed by atoms with Crippen LogP contribution in [0.1, 0.15) is 80.1 Å². The summed E-state index contributed by atoms with van der Waals surface area (Å²) in [6, 6.07) is 5.50. The third-order valence-corrected chi connectivity index (χ3v) is 8.62. The minimum atomic E-state index is -4.13. The Balaban J connectivity index is 1.27. The Morgan fingerprint density at radius 1 is 1.00 bits per heavy atom. The van der Waals surface area contributed by atoms with Crippen LogP contribution in [-0.4, -0.2) is 60.5 Å². The summed E-state index contributed by atoms with van der Waals surface area (Å²) in [5, 5.41) is 5.36. The second-order valence-corrected chi connectivity index (χ2v) is 11.4. The van der Waals surface area contributed by atoms with E-state index in [1.54, 1.807) is 4.90 Å². The molecule has 2 N–H and O–H groups in total. The molecule has 3 amide bonds. The average Bonchev–Trinajstić information content (AvgIpc) is 3.65. The van der Waals surface area contributed by atoms with Gasteiger partial charge in [-0.1, -0.05) is 18.9 Å². The first-order chi connectivity index (χ1) is 18.2.